The maximum Gasteiger partial charge on any atom is 0.306 e. The summed E-state index contributed by atoms with van der Waals surface area (Å²) in [5.74, 6) is -3.17. The Morgan fingerprint density at radius 2 is 2.00 bits per heavy atom. The molecule has 36 heavy (non-hydrogen) atoms. The number of aliphatic hydroxyl groups is 1. The van der Waals surface area contributed by atoms with E-state index in [0.717, 1.165) is 5.56 Å². The predicted octanol–water partition coefficient (Wildman–Crippen LogP) is 4.36. The van der Waals surface area contributed by atoms with Gasteiger partial charge in [0.15, 0.2) is 11.4 Å². The molecule has 0 aromatic carbocycles. The first kappa shape index (κ1) is 25.8. The molecule has 4 aliphatic carbocycles. The van der Waals surface area contributed by atoms with Gasteiger partial charge in [-0.1, -0.05) is 27.7 Å². The van der Waals surface area contributed by atoms with Crippen LogP contribution in [0, 0.1) is 28.6 Å². The number of hydrogen-bond acceptors (Lipinski definition) is 5. The van der Waals surface area contributed by atoms with Crippen LogP contribution in [0.5, 0.6) is 0 Å². The molecule has 1 N–H and O–H groups in total. The van der Waals surface area contributed by atoms with Gasteiger partial charge < -0.3 is 9.84 Å². The fourth-order valence-electron chi connectivity index (χ4n) is 8.72. The lowest BCUT2D eigenvalue weighted by Crippen LogP contribution is -2.71. The third-order valence-corrected chi connectivity index (χ3v) is 10.5. The lowest BCUT2D eigenvalue weighted by atomic mass is 9.43. The standard InChI is InChI=1S/C27H35ClF2N2O4/c1-6-23(35)36-27(22(34)12-28)14(2)7-16-17-8-19(29)18-9-20-15(13-32(5)31-20)10-24(18,3)26(17,30)21(33)11-25(16,27)4/h9,13-14,16-17,19,21,33H,6-8,10-12H2,1-5H3/t14-,16-,17-,19-,21-,24-,25-,26-,27-/m0/s1. The summed E-state index contributed by atoms with van der Waals surface area (Å²) < 4.78 is 41.2. The number of Topliss-reactive ketones (excluding diaryl/α,β-unsaturated/α-hetero) is 1. The van der Waals surface area contributed by atoms with Crippen molar-refractivity contribution in [2.24, 2.45) is 35.6 Å². The van der Waals surface area contributed by atoms with E-state index in [9.17, 15) is 14.7 Å². The first-order valence-electron chi connectivity index (χ1n) is 12.9. The first-order valence-corrected chi connectivity index (χ1v) is 13.4. The number of ether oxygens (including phenoxy) is 1. The molecule has 1 aromatic heterocycles. The molecular weight excluding hydrogens is 490 g/mol. The molecule has 0 spiro atoms. The van der Waals surface area contributed by atoms with Gasteiger partial charge in [-0.2, -0.15) is 5.10 Å². The normalized spacial score (nSPS) is 45.1. The second-order valence-electron chi connectivity index (χ2n) is 11.9. The van der Waals surface area contributed by atoms with E-state index in [2.05, 4.69) is 5.10 Å². The van der Waals surface area contributed by atoms with Crippen LogP contribution in [0.1, 0.15) is 64.6 Å². The Bertz CT molecular complexity index is 1150. The van der Waals surface area contributed by atoms with Gasteiger partial charge in [0.25, 0.3) is 0 Å². The van der Waals surface area contributed by atoms with Crippen molar-refractivity contribution in [1.82, 2.24) is 9.78 Å². The molecule has 0 radical (unpaired) electrons. The van der Waals surface area contributed by atoms with E-state index in [0.29, 0.717) is 17.7 Å². The zero-order valence-corrected chi connectivity index (χ0v) is 22.2. The van der Waals surface area contributed by atoms with Crippen LogP contribution in [0.25, 0.3) is 6.08 Å². The number of fused-ring (bicyclic) bond motifs is 6. The fourth-order valence-corrected chi connectivity index (χ4v) is 8.92. The number of nitrogens with zero attached hydrogens (tertiary/aromatic N) is 2. The molecule has 9 heteroatoms. The quantitative estimate of drug-likeness (QED) is 0.467. The Kier molecular flexibility index (Phi) is 5.81. The largest absolute Gasteiger partial charge is 0.450 e. The molecule has 0 bridgehead atoms. The zero-order chi connectivity index (χ0) is 26.4. The molecule has 5 rings (SSSR count). The number of halogens is 3. The fraction of sp³-hybridized carbons (Fsp3) is 0.741. The van der Waals surface area contributed by atoms with E-state index in [4.69, 9.17) is 16.3 Å². The number of aryl methyl sites for hydroxylation is 1. The van der Waals surface area contributed by atoms with Crippen molar-refractivity contribution < 1.29 is 28.2 Å². The molecule has 3 fully saturated rings. The molecule has 1 heterocycles. The van der Waals surface area contributed by atoms with Crippen LogP contribution in [-0.4, -0.2) is 56.1 Å². The first-order chi connectivity index (χ1) is 16.8. The molecule has 0 amide bonds. The molecule has 9 atom stereocenters. The van der Waals surface area contributed by atoms with E-state index in [1.807, 2.05) is 13.1 Å². The molecular formula is C27H35ClF2N2O4. The third kappa shape index (κ3) is 2.94. The number of carbonyl (C=O) groups excluding carboxylic acids is 2. The molecule has 0 unspecified atom stereocenters. The highest BCUT2D eigenvalue weighted by molar-refractivity contribution is 6.29. The third-order valence-electron chi connectivity index (χ3n) is 10.2. The smallest absolute Gasteiger partial charge is 0.306 e. The Morgan fingerprint density at radius 1 is 1.31 bits per heavy atom. The minimum atomic E-state index is -2.13. The van der Waals surface area contributed by atoms with Crippen molar-refractivity contribution in [3.05, 3.63) is 23.0 Å². The van der Waals surface area contributed by atoms with E-state index < -0.39 is 63.9 Å². The maximum atomic E-state index is 17.7. The van der Waals surface area contributed by atoms with E-state index in [1.54, 1.807) is 38.6 Å². The van der Waals surface area contributed by atoms with Gasteiger partial charge in [-0.25, -0.2) is 8.78 Å². The summed E-state index contributed by atoms with van der Waals surface area (Å²) in [6.45, 7) is 6.96. The van der Waals surface area contributed by atoms with Crippen LogP contribution in [0.3, 0.4) is 0 Å². The SMILES string of the molecule is CCC(=O)O[C@]1(C(=O)CCl)[C@@H](C)C[C@H]2[C@@H]3C[C@H](F)C4=Cc5nn(C)cc5C[C@]4(C)[C@@]3(F)[C@@H](O)C[C@@]21C. The Balaban J connectivity index is 1.65. The average molecular weight is 525 g/mol. The maximum absolute atomic E-state index is 17.7. The number of carbonyl (C=O) groups is 2. The van der Waals surface area contributed by atoms with E-state index in [1.165, 1.54) is 0 Å². The number of rotatable bonds is 4. The van der Waals surface area contributed by atoms with Crippen LogP contribution in [0.2, 0.25) is 0 Å². The van der Waals surface area contributed by atoms with Gasteiger partial charge in [-0.15, -0.1) is 11.6 Å². The lowest BCUT2D eigenvalue weighted by Gasteiger charge is -2.64. The van der Waals surface area contributed by atoms with Crippen LogP contribution in [-0.2, 0) is 27.8 Å². The summed E-state index contributed by atoms with van der Waals surface area (Å²) >= 11 is 6.04. The minimum Gasteiger partial charge on any atom is -0.450 e. The van der Waals surface area contributed by atoms with Crippen LogP contribution in [0.15, 0.2) is 11.8 Å². The second-order valence-corrected chi connectivity index (χ2v) is 12.2. The lowest BCUT2D eigenvalue weighted by molar-refractivity contribution is -0.236. The monoisotopic (exact) mass is 524 g/mol. The molecule has 198 valence electrons. The molecule has 3 saturated carbocycles. The highest BCUT2D eigenvalue weighted by atomic mass is 35.5. The second kappa shape index (κ2) is 8.10. The van der Waals surface area contributed by atoms with Gasteiger partial charge in [0, 0.05) is 42.3 Å². The molecule has 0 saturated heterocycles. The van der Waals surface area contributed by atoms with Crippen molar-refractivity contribution in [3.63, 3.8) is 0 Å². The number of alkyl halides is 3. The van der Waals surface area contributed by atoms with Crippen molar-refractivity contribution in [2.75, 3.05) is 5.88 Å². The van der Waals surface area contributed by atoms with Gasteiger partial charge in [0.1, 0.15) is 11.8 Å². The van der Waals surface area contributed by atoms with Crippen molar-refractivity contribution in [2.45, 2.75) is 83.3 Å². The highest BCUT2D eigenvalue weighted by Crippen LogP contribution is 2.72. The number of hydrogen-bond donors (Lipinski definition) is 1. The summed E-state index contributed by atoms with van der Waals surface area (Å²) in [5.41, 5.74) is -4.31. The minimum absolute atomic E-state index is 0.0655. The van der Waals surface area contributed by atoms with Gasteiger partial charge >= 0.3 is 5.97 Å². The zero-order valence-electron chi connectivity index (χ0n) is 21.5. The summed E-state index contributed by atoms with van der Waals surface area (Å²) in [5, 5.41) is 16.1. The Morgan fingerprint density at radius 3 is 2.64 bits per heavy atom. The number of ketones is 1. The van der Waals surface area contributed by atoms with Gasteiger partial charge in [0.05, 0.1) is 17.7 Å². The molecule has 0 aliphatic heterocycles. The van der Waals surface area contributed by atoms with Crippen LogP contribution >= 0.6 is 11.6 Å². The van der Waals surface area contributed by atoms with Crippen LogP contribution < -0.4 is 0 Å². The molecule has 4 aliphatic rings. The highest BCUT2D eigenvalue weighted by Gasteiger charge is 2.78. The van der Waals surface area contributed by atoms with Crippen molar-refractivity contribution >= 4 is 29.4 Å². The number of aliphatic hydroxyl groups excluding tert-OH is 1. The number of esters is 1. The van der Waals surface area contributed by atoms with Crippen LogP contribution in [0.4, 0.5) is 8.78 Å². The summed E-state index contributed by atoms with van der Waals surface area (Å²) in [6, 6.07) is 0. The number of aromatic nitrogens is 2. The summed E-state index contributed by atoms with van der Waals surface area (Å²) in [6.07, 6.45) is 1.03. The van der Waals surface area contributed by atoms with Gasteiger partial charge in [-0.3, -0.25) is 14.3 Å². The van der Waals surface area contributed by atoms with E-state index >= 15 is 8.78 Å². The predicted molar refractivity (Wildman–Crippen MR) is 131 cm³/mol. The van der Waals surface area contributed by atoms with Crippen molar-refractivity contribution in [1.29, 1.82) is 0 Å². The Labute approximate surface area is 215 Å². The van der Waals surface area contributed by atoms with E-state index in [-0.39, 0.29) is 31.6 Å². The summed E-state index contributed by atoms with van der Waals surface area (Å²) in [7, 11) is 1.77. The molecule has 1 aromatic rings. The van der Waals surface area contributed by atoms with Crippen molar-refractivity contribution in [3.8, 4) is 0 Å². The number of allylic oxidation sites excluding steroid dienone is 1. The van der Waals surface area contributed by atoms with Gasteiger partial charge in [-0.05, 0) is 48.8 Å². The summed E-state index contributed by atoms with van der Waals surface area (Å²) in [4.78, 5) is 26.0. The topological polar surface area (TPSA) is 81.4 Å². The van der Waals surface area contributed by atoms with Gasteiger partial charge in [0.2, 0.25) is 0 Å². The Hall–Kier alpha value is -1.80. The average Bonchev–Trinajstić information content (AvgIpc) is 3.28. The molecule has 6 nitrogen and oxygen atoms in total.